The van der Waals surface area contributed by atoms with Crippen LogP contribution >= 0.6 is 0 Å². The standard InChI is InChI=1S/C19H21N3O2/c1-2-13-22-17-11-7-6-10-16(17)20-19(22)21-18(23)12-14-24-15-8-4-3-5-9-15/h3-11H,2,12-14H2,1H3,(H,20,21,23). The highest BCUT2D eigenvalue weighted by Gasteiger charge is 2.12. The number of fused-ring (bicyclic) bond motifs is 1. The molecule has 5 nitrogen and oxygen atoms in total. The van der Waals surface area contributed by atoms with Crippen molar-refractivity contribution >= 4 is 22.9 Å². The third-order valence-corrected chi connectivity index (χ3v) is 3.69. The molecule has 2 aromatic carbocycles. The normalized spacial score (nSPS) is 10.7. The maximum atomic E-state index is 12.2. The maximum absolute atomic E-state index is 12.2. The number of benzene rings is 2. The van der Waals surface area contributed by atoms with E-state index >= 15 is 0 Å². The van der Waals surface area contributed by atoms with E-state index in [9.17, 15) is 4.79 Å². The molecule has 1 amide bonds. The summed E-state index contributed by atoms with van der Waals surface area (Å²) in [6.07, 6.45) is 1.25. The van der Waals surface area contributed by atoms with Crippen LogP contribution in [0.5, 0.6) is 5.75 Å². The number of ether oxygens (including phenoxy) is 1. The van der Waals surface area contributed by atoms with Crippen molar-refractivity contribution < 1.29 is 9.53 Å². The van der Waals surface area contributed by atoms with Crippen molar-refractivity contribution in [2.24, 2.45) is 0 Å². The molecule has 24 heavy (non-hydrogen) atoms. The van der Waals surface area contributed by atoms with Gasteiger partial charge in [0.2, 0.25) is 11.9 Å². The largest absolute Gasteiger partial charge is 0.493 e. The fraction of sp³-hybridized carbons (Fsp3) is 0.263. The van der Waals surface area contributed by atoms with Crippen molar-refractivity contribution in [2.75, 3.05) is 11.9 Å². The van der Waals surface area contributed by atoms with Crippen LogP contribution in [0.25, 0.3) is 11.0 Å². The lowest BCUT2D eigenvalue weighted by atomic mass is 10.3. The van der Waals surface area contributed by atoms with Crippen molar-refractivity contribution in [3.63, 3.8) is 0 Å². The van der Waals surface area contributed by atoms with Crippen LogP contribution in [0.3, 0.4) is 0 Å². The number of rotatable bonds is 7. The number of carbonyl (C=O) groups is 1. The Bertz CT molecular complexity index is 812. The van der Waals surface area contributed by atoms with E-state index in [1.54, 1.807) is 0 Å². The first-order valence-electron chi connectivity index (χ1n) is 8.21. The Morgan fingerprint density at radius 1 is 1.12 bits per heavy atom. The Hall–Kier alpha value is -2.82. The lowest BCUT2D eigenvalue weighted by Crippen LogP contribution is -2.18. The summed E-state index contributed by atoms with van der Waals surface area (Å²) in [5.41, 5.74) is 1.93. The first-order valence-corrected chi connectivity index (χ1v) is 8.21. The molecular weight excluding hydrogens is 302 g/mol. The second kappa shape index (κ2) is 7.64. The van der Waals surface area contributed by atoms with Crippen molar-refractivity contribution in [1.82, 2.24) is 9.55 Å². The average molecular weight is 323 g/mol. The molecule has 1 heterocycles. The third-order valence-electron chi connectivity index (χ3n) is 3.69. The van der Waals surface area contributed by atoms with Gasteiger partial charge in [-0.2, -0.15) is 0 Å². The Balaban J connectivity index is 1.63. The summed E-state index contributed by atoms with van der Waals surface area (Å²) >= 11 is 0. The van der Waals surface area contributed by atoms with Crippen LogP contribution in [0.1, 0.15) is 19.8 Å². The Morgan fingerprint density at radius 2 is 1.88 bits per heavy atom. The van der Waals surface area contributed by atoms with Gasteiger partial charge in [0, 0.05) is 6.54 Å². The number of imidazole rings is 1. The second-order valence-corrected chi connectivity index (χ2v) is 5.54. The SMILES string of the molecule is CCCn1c(NC(=O)CCOc2ccccc2)nc2ccccc21. The molecule has 0 radical (unpaired) electrons. The maximum Gasteiger partial charge on any atom is 0.230 e. The quantitative estimate of drug-likeness (QED) is 0.718. The topological polar surface area (TPSA) is 56.2 Å². The van der Waals surface area contributed by atoms with Gasteiger partial charge < -0.3 is 9.30 Å². The molecule has 0 aliphatic rings. The molecule has 1 N–H and O–H groups in total. The van der Waals surface area contributed by atoms with Crippen molar-refractivity contribution in [2.45, 2.75) is 26.3 Å². The number of carbonyl (C=O) groups excluding carboxylic acids is 1. The monoisotopic (exact) mass is 323 g/mol. The zero-order valence-corrected chi connectivity index (χ0v) is 13.7. The minimum Gasteiger partial charge on any atom is -0.493 e. The molecule has 0 aliphatic carbocycles. The first kappa shape index (κ1) is 16.1. The fourth-order valence-corrected chi connectivity index (χ4v) is 2.59. The van der Waals surface area contributed by atoms with Crippen LogP contribution in [0, 0.1) is 0 Å². The van der Waals surface area contributed by atoms with Gasteiger partial charge in [0.05, 0.1) is 24.1 Å². The lowest BCUT2D eigenvalue weighted by molar-refractivity contribution is -0.116. The van der Waals surface area contributed by atoms with E-state index in [4.69, 9.17) is 4.74 Å². The molecule has 0 fully saturated rings. The van der Waals surface area contributed by atoms with Gasteiger partial charge in [-0.05, 0) is 30.7 Å². The second-order valence-electron chi connectivity index (χ2n) is 5.54. The van der Waals surface area contributed by atoms with Gasteiger partial charge in [-0.25, -0.2) is 4.98 Å². The molecule has 0 atom stereocenters. The van der Waals surface area contributed by atoms with Crippen LogP contribution in [0.4, 0.5) is 5.95 Å². The minimum atomic E-state index is -0.0985. The molecule has 0 saturated heterocycles. The predicted molar refractivity (Wildman–Crippen MR) is 95.2 cm³/mol. The highest BCUT2D eigenvalue weighted by Crippen LogP contribution is 2.20. The molecule has 0 bridgehead atoms. The summed E-state index contributed by atoms with van der Waals surface area (Å²) in [7, 11) is 0. The van der Waals surface area contributed by atoms with Crippen molar-refractivity contribution in [1.29, 1.82) is 0 Å². The molecule has 0 saturated carbocycles. The van der Waals surface area contributed by atoms with E-state index in [-0.39, 0.29) is 12.3 Å². The number of nitrogens with zero attached hydrogens (tertiary/aromatic N) is 2. The van der Waals surface area contributed by atoms with Gasteiger partial charge in [-0.1, -0.05) is 37.3 Å². The lowest BCUT2D eigenvalue weighted by Gasteiger charge is -2.09. The molecule has 1 aromatic heterocycles. The number of amides is 1. The van der Waals surface area contributed by atoms with Crippen molar-refractivity contribution in [3.05, 3.63) is 54.6 Å². The molecule has 3 rings (SSSR count). The Kier molecular flexibility index (Phi) is 5.11. The van der Waals surface area contributed by atoms with E-state index in [0.29, 0.717) is 12.6 Å². The van der Waals surface area contributed by atoms with E-state index in [1.807, 2.05) is 59.2 Å². The van der Waals surface area contributed by atoms with Crippen LogP contribution in [0.15, 0.2) is 54.6 Å². The smallest absolute Gasteiger partial charge is 0.230 e. The number of anilines is 1. The Labute approximate surface area is 141 Å². The van der Waals surface area contributed by atoms with Gasteiger partial charge in [0.15, 0.2) is 0 Å². The molecule has 5 heteroatoms. The highest BCUT2D eigenvalue weighted by molar-refractivity contribution is 5.91. The number of para-hydroxylation sites is 3. The van der Waals surface area contributed by atoms with Gasteiger partial charge in [0.25, 0.3) is 0 Å². The summed E-state index contributed by atoms with van der Waals surface area (Å²) in [4.78, 5) is 16.7. The molecule has 0 aliphatic heterocycles. The third kappa shape index (κ3) is 3.74. The minimum absolute atomic E-state index is 0.0985. The van der Waals surface area contributed by atoms with Crippen LogP contribution in [-0.4, -0.2) is 22.1 Å². The molecular formula is C19H21N3O2. The summed E-state index contributed by atoms with van der Waals surface area (Å²) < 4.78 is 7.61. The zero-order chi connectivity index (χ0) is 16.8. The van der Waals surface area contributed by atoms with Crippen LogP contribution in [-0.2, 0) is 11.3 Å². The average Bonchev–Trinajstić information content (AvgIpc) is 2.94. The van der Waals surface area contributed by atoms with E-state index < -0.39 is 0 Å². The number of hydrogen-bond donors (Lipinski definition) is 1. The van der Waals surface area contributed by atoms with E-state index in [2.05, 4.69) is 17.2 Å². The van der Waals surface area contributed by atoms with E-state index in [0.717, 1.165) is 29.7 Å². The molecule has 3 aromatic rings. The summed E-state index contributed by atoms with van der Waals surface area (Å²) in [5.74, 6) is 1.27. The van der Waals surface area contributed by atoms with Gasteiger partial charge in [-0.15, -0.1) is 0 Å². The number of hydrogen-bond acceptors (Lipinski definition) is 3. The summed E-state index contributed by atoms with van der Waals surface area (Å²) in [5, 5.41) is 2.90. The summed E-state index contributed by atoms with van der Waals surface area (Å²) in [6, 6.07) is 17.4. The number of nitrogens with one attached hydrogen (secondary N) is 1. The predicted octanol–water partition coefficient (Wildman–Crippen LogP) is 3.85. The Morgan fingerprint density at radius 3 is 2.67 bits per heavy atom. The number of aromatic nitrogens is 2. The number of aryl methyl sites for hydroxylation is 1. The van der Waals surface area contributed by atoms with E-state index in [1.165, 1.54) is 0 Å². The van der Waals surface area contributed by atoms with Gasteiger partial charge >= 0.3 is 0 Å². The highest BCUT2D eigenvalue weighted by atomic mass is 16.5. The van der Waals surface area contributed by atoms with Crippen LogP contribution < -0.4 is 10.1 Å². The zero-order valence-electron chi connectivity index (χ0n) is 13.7. The van der Waals surface area contributed by atoms with Crippen molar-refractivity contribution in [3.8, 4) is 5.75 Å². The molecule has 0 unspecified atom stereocenters. The van der Waals surface area contributed by atoms with Gasteiger partial charge in [-0.3, -0.25) is 10.1 Å². The molecule has 0 spiro atoms. The van der Waals surface area contributed by atoms with Gasteiger partial charge in [0.1, 0.15) is 5.75 Å². The van der Waals surface area contributed by atoms with Crippen LogP contribution in [0.2, 0.25) is 0 Å². The first-order chi connectivity index (χ1) is 11.8. The summed E-state index contributed by atoms with van der Waals surface area (Å²) in [6.45, 7) is 3.26. The fourth-order valence-electron chi connectivity index (χ4n) is 2.59. The molecule has 124 valence electrons.